The molecule has 148 valence electrons. The van der Waals surface area contributed by atoms with E-state index in [-0.39, 0.29) is 5.82 Å². The zero-order valence-corrected chi connectivity index (χ0v) is 15.8. The van der Waals surface area contributed by atoms with Crippen molar-refractivity contribution in [1.82, 2.24) is 14.5 Å². The number of thioether (sulfide) groups is 1. The normalized spacial score (nSPS) is 11.9. The van der Waals surface area contributed by atoms with Crippen LogP contribution in [-0.2, 0) is 18.5 Å². The van der Waals surface area contributed by atoms with Gasteiger partial charge in [0.15, 0.2) is 10.8 Å². The van der Waals surface area contributed by atoms with Gasteiger partial charge in [-0.2, -0.15) is 13.2 Å². The number of nitrogens with zero attached hydrogens (tertiary/aromatic N) is 3. The van der Waals surface area contributed by atoms with Gasteiger partial charge in [-0.05, 0) is 41.5 Å². The van der Waals surface area contributed by atoms with E-state index in [0.717, 1.165) is 17.7 Å². The van der Waals surface area contributed by atoms with Crippen molar-refractivity contribution in [2.24, 2.45) is 0 Å². The van der Waals surface area contributed by atoms with Gasteiger partial charge in [0.25, 0.3) is 0 Å². The van der Waals surface area contributed by atoms with Crippen molar-refractivity contribution in [3.8, 4) is 0 Å². The SMILES string of the molecule is Fc1cccc(Cn2c(SCc3cccc(C(F)(F)F)c3)nc3cccnc32)c1. The van der Waals surface area contributed by atoms with Crippen LogP contribution in [0.5, 0.6) is 0 Å². The molecule has 2 heterocycles. The lowest BCUT2D eigenvalue weighted by Crippen LogP contribution is -2.05. The lowest BCUT2D eigenvalue weighted by Gasteiger charge is -2.10. The quantitative estimate of drug-likeness (QED) is 0.298. The number of pyridine rings is 1. The Bertz CT molecular complexity index is 1150. The van der Waals surface area contributed by atoms with Gasteiger partial charge in [-0.15, -0.1) is 0 Å². The van der Waals surface area contributed by atoms with Crippen molar-refractivity contribution in [2.75, 3.05) is 0 Å². The van der Waals surface area contributed by atoms with Crippen LogP contribution in [0, 0.1) is 5.82 Å². The number of hydrogen-bond donors (Lipinski definition) is 0. The van der Waals surface area contributed by atoms with Crippen molar-refractivity contribution in [3.05, 3.63) is 89.4 Å². The number of benzene rings is 2. The van der Waals surface area contributed by atoms with Gasteiger partial charge in [0.05, 0.1) is 12.1 Å². The minimum Gasteiger partial charge on any atom is -0.299 e. The smallest absolute Gasteiger partial charge is 0.299 e. The maximum Gasteiger partial charge on any atom is 0.416 e. The molecule has 0 unspecified atom stereocenters. The van der Waals surface area contributed by atoms with Crippen LogP contribution in [0.1, 0.15) is 16.7 Å². The summed E-state index contributed by atoms with van der Waals surface area (Å²) in [6, 6.07) is 15.1. The van der Waals surface area contributed by atoms with E-state index in [1.807, 2.05) is 10.6 Å². The molecule has 0 saturated carbocycles. The second-order valence-corrected chi connectivity index (χ2v) is 7.39. The van der Waals surface area contributed by atoms with Crippen LogP contribution in [0.2, 0.25) is 0 Å². The molecule has 0 aliphatic rings. The van der Waals surface area contributed by atoms with Gasteiger partial charge in [0.1, 0.15) is 11.3 Å². The standard InChI is InChI=1S/C21H15F4N3S/c22-17-7-2-4-14(11-17)12-28-19-18(8-3-9-26-19)27-20(28)29-13-15-5-1-6-16(10-15)21(23,24)25/h1-11H,12-13H2. The van der Waals surface area contributed by atoms with Crippen LogP contribution in [0.25, 0.3) is 11.2 Å². The number of rotatable bonds is 5. The molecule has 8 heteroatoms. The maximum absolute atomic E-state index is 13.6. The van der Waals surface area contributed by atoms with Crippen LogP contribution in [0.15, 0.2) is 72.0 Å². The number of alkyl halides is 3. The average molecular weight is 417 g/mol. The zero-order chi connectivity index (χ0) is 20.4. The predicted molar refractivity (Wildman–Crippen MR) is 104 cm³/mol. The van der Waals surface area contributed by atoms with Gasteiger partial charge < -0.3 is 0 Å². The van der Waals surface area contributed by atoms with Crippen molar-refractivity contribution in [1.29, 1.82) is 0 Å². The summed E-state index contributed by atoms with van der Waals surface area (Å²) >= 11 is 1.32. The molecule has 4 aromatic rings. The second kappa shape index (κ2) is 7.87. The minimum absolute atomic E-state index is 0.316. The van der Waals surface area contributed by atoms with Crippen LogP contribution >= 0.6 is 11.8 Å². The van der Waals surface area contributed by atoms with E-state index < -0.39 is 11.7 Å². The van der Waals surface area contributed by atoms with Crippen molar-refractivity contribution in [2.45, 2.75) is 23.6 Å². The summed E-state index contributed by atoms with van der Waals surface area (Å²) in [4.78, 5) is 8.93. The van der Waals surface area contributed by atoms with Crippen molar-refractivity contribution in [3.63, 3.8) is 0 Å². The highest BCUT2D eigenvalue weighted by atomic mass is 32.2. The van der Waals surface area contributed by atoms with E-state index in [0.29, 0.717) is 34.2 Å². The van der Waals surface area contributed by atoms with E-state index >= 15 is 0 Å². The van der Waals surface area contributed by atoms with Crippen LogP contribution in [-0.4, -0.2) is 14.5 Å². The molecule has 29 heavy (non-hydrogen) atoms. The first kappa shape index (κ1) is 19.4. The van der Waals surface area contributed by atoms with Gasteiger partial charge in [0.2, 0.25) is 0 Å². The van der Waals surface area contributed by atoms with Crippen LogP contribution < -0.4 is 0 Å². The Kier molecular flexibility index (Phi) is 5.27. The molecule has 0 fully saturated rings. The molecule has 0 N–H and O–H groups in total. The molecule has 2 aromatic heterocycles. The lowest BCUT2D eigenvalue weighted by atomic mass is 10.1. The number of imidazole rings is 1. The third-order valence-electron chi connectivity index (χ3n) is 4.32. The fourth-order valence-electron chi connectivity index (χ4n) is 2.99. The molecule has 0 spiro atoms. The van der Waals surface area contributed by atoms with E-state index in [4.69, 9.17) is 0 Å². The molecule has 0 atom stereocenters. The molecular formula is C21H15F4N3S. The Hall–Kier alpha value is -2.87. The summed E-state index contributed by atoms with van der Waals surface area (Å²) in [6.45, 7) is 0.357. The molecule has 0 aliphatic heterocycles. The molecule has 0 saturated heterocycles. The van der Waals surface area contributed by atoms with E-state index in [2.05, 4.69) is 9.97 Å². The number of fused-ring (bicyclic) bond motifs is 1. The third-order valence-corrected chi connectivity index (χ3v) is 5.37. The Morgan fingerprint density at radius 3 is 2.52 bits per heavy atom. The fourth-order valence-corrected chi connectivity index (χ4v) is 3.94. The first-order valence-corrected chi connectivity index (χ1v) is 9.73. The van der Waals surface area contributed by atoms with Crippen LogP contribution in [0.3, 0.4) is 0 Å². The van der Waals surface area contributed by atoms with E-state index in [1.165, 1.54) is 30.0 Å². The van der Waals surface area contributed by atoms with Gasteiger partial charge in [-0.25, -0.2) is 14.4 Å². The summed E-state index contributed by atoms with van der Waals surface area (Å²) in [6.07, 6.45) is -2.73. The summed E-state index contributed by atoms with van der Waals surface area (Å²) in [7, 11) is 0. The number of aromatic nitrogens is 3. The fraction of sp³-hybridized carbons (Fsp3) is 0.143. The first-order chi connectivity index (χ1) is 13.9. The summed E-state index contributed by atoms with van der Waals surface area (Å²) in [5.74, 6) is -0.0193. The Morgan fingerprint density at radius 2 is 1.72 bits per heavy atom. The minimum atomic E-state index is -4.38. The molecule has 0 radical (unpaired) electrons. The van der Waals surface area contributed by atoms with Gasteiger partial charge in [0, 0.05) is 11.9 Å². The Labute approximate surface area is 168 Å². The van der Waals surface area contributed by atoms with Crippen molar-refractivity contribution < 1.29 is 17.6 Å². The van der Waals surface area contributed by atoms with E-state index in [9.17, 15) is 17.6 Å². The highest BCUT2D eigenvalue weighted by Crippen LogP contribution is 2.32. The van der Waals surface area contributed by atoms with Gasteiger partial charge >= 0.3 is 6.18 Å². The molecule has 0 bridgehead atoms. The van der Waals surface area contributed by atoms with Crippen molar-refractivity contribution >= 4 is 22.9 Å². The van der Waals surface area contributed by atoms with Crippen LogP contribution in [0.4, 0.5) is 17.6 Å². The van der Waals surface area contributed by atoms with Gasteiger partial charge in [-0.1, -0.05) is 42.1 Å². The Morgan fingerprint density at radius 1 is 0.931 bits per heavy atom. The number of hydrogen-bond acceptors (Lipinski definition) is 3. The highest BCUT2D eigenvalue weighted by molar-refractivity contribution is 7.98. The summed E-state index contributed by atoms with van der Waals surface area (Å²) in [5, 5.41) is 0.611. The maximum atomic E-state index is 13.6. The highest BCUT2D eigenvalue weighted by Gasteiger charge is 2.30. The third kappa shape index (κ3) is 4.42. The number of halogens is 4. The Balaban J connectivity index is 1.64. The largest absolute Gasteiger partial charge is 0.416 e. The topological polar surface area (TPSA) is 30.7 Å². The van der Waals surface area contributed by atoms with E-state index in [1.54, 1.807) is 30.5 Å². The average Bonchev–Trinajstić information content (AvgIpc) is 3.04. The first-order valence-electron chi connectivity index (χ1n) is 8.75. The monoisotopic (exact) mass is 417 g/mol. The lowest BCUT2D eigenvalue weighted by molar-refractivity contribution is -0.137. The summed E-state index contributed by atoms with van der Waals surface area (Å²) in [5.41, 5.74) is 1.93. The molecule has 0 aliphatic carbocycles. The molecule has 0 amide bonds. The van der Waals surface area contributed by atoms with Gasteiger partial charge in [-0.3, -0.25) is 4.57 Å². The molecule has 3 nitrogen and oxygen atoms in total. The molecular weight excluding hydrogens is 402 g/mol. The zero-order valence-electron chi connectivity index (χ0n) is 15.0. The molecule has 2 aromatic carbocycles. The summed E-state index contributed by atoms with van der Waals surface area (Å²) < 4.78 is 54.3. The second-order valence-electron chi connectivity index (χ2n) is 6.44. The molecule has 4 rings (SSSR count). The predicted octanol–water partition coefficient (Wildman–Crippen LogP) is 5.93.